The Morgan fingerprint density at radius 2 is 2.17 bits per heavy atom. The van der Waals surface area contributed by atoms with Crippen LogP contribution in [0.4, 0.5) is 0 Å². The van der Waals surface area contributed by atoms with Crippen molar-refractivity contribution in [1.29, 1.82) is 0 Å². The number of hydrogen-bond donors (Lipinski definition) is 0. The molecule has 0 aromatic heterocycles. The molecule has 0 saturated carbocycles. The van der Waals surface area contributed by atoms with E-state index in [2.05, 4.69) is 6.92 Å². The first-order chi connectivity index (χ1) is 5.33. The van der Waals surface area contributed by atoms with Crippen molar-refractivity contribution in [3.63, 3.8) is 0 Å². The van der Waals surface area contributed by atoms with Gasteiger partial charge < -0.3 is 14.2 Å². The largest absolute Gasteiger partial charge is 0.384 e. The SMILES string of the molecule is C.COCC(C)COCC1CO1. The normalized spacial score (nSPS) is 23.0. The van der Waals surface area contributed by atoms with Crippen LogP contribution in [0.1, 0.15) is 14.4 Å². The van der Waals surface area contributed by atoms with Gasteiger partial charge in [0, 0.05) is 13.0 Å². The first-order valence-corrected chi connectivity index (χ1v) is 4.01. The Labute approximate surface area is 75.0 Å². The van der Waals surface area contributed by atoms with Crippen molar-refractivity contribution in [3.05, 3.63) is 0 Å². The van der Waals surface area contributed by atoms with Crippen molar-refractivity contribution in [1.82, 2.24) is 0 Å². The van der Waals surface area contributed by atoms with E-state index in [1.807, 2.05) is 0 Å². The minimum absolute atomic E-state index is 0. The van der Waals surface area contributed by atoms with Crippen LogP contribution in [-0.2, 0) is 14.2 Å². The van der Waals surface area contributed by atoms with Gasteiger partial charge in [-0.1, -0.05) is 14.4 Å². The molecule has 0 spiro atoms. The van der Waals surface area contributed by atoms with E-state index in [9.17, 15) is 0 Å². The van der Waals surface area contributed by atoms with Crippen LogP contribution in [0, 0.1) is 5.92 Å². The maximum absolute atomic E-state index is 5.37. The van der Waals surface area contributed by atoms with Gasteiger partial charge in [0.05, 0.1) is 26.4 Å². The molecular weight excluding hydrogens is 156 g/mol. The van der Waals surface area contributed by atoms with E-state index in [4.69, 9.17) is 14.2 Å². The number of methoxy groups -OCH3 is 1. The van der Waals surface area contributed by atoms with Crippen molar-refractivity contribution in [2.45, 2.75) is 20.5 Å². The molecule has 1 heterocycles. The summed E-state index contributed by atoms with van der Waals surface area (Å²) in [5.74, 6) is 0.485. The van der Waals surface area contributed by atoms with Crippen LogP contribution in [-0.4, -0.2) is 39.6 Å². The summed E-state index contributed by atoms with van der Waals surface area (Å²) in [4.78, 5) is 0. The predicted octanol–water partition coefficient (Wildman–Crippen LogP) is 1.32. The molecule has 12 heavy (non-hydrogen) atoms. The van der Waals surface area contributed by atoms with Gasteiger partial charge in [-0.2, -0.15) is 0 Å². The van der Waals surface area contributed by atoms with Gasteiger partial charge >= 0.3 is 0 Å². The van der Waals surface area contributed by atoms with Crippen molar-refractivity contribution < 1.29 is 14.2 Å². The highest BCUT2D eigenvalue weighted by molar-refractivity contribution is 4.67. The Morgan fingerprint density at radius 3 is 2.67 bits per heavy atom. The van der Waals surface area contributed by atoms with Crippen LogP contribution in [0.3, 0.4) is 0 Å². The summed E-state index contributed by atoms with van der Waals surface area (Å²) in [7, 11) is 1.71. The van der Waals surface area contributed by atoms with Gasteiger partial charge in [-0.05, 0) is 0 Å². The molecule has 0 bridgehead atoms. The van der Waals surface area contributed by atoms with Gasteiger partial charge in [-0.25, -0.2) is 0 Å². The van der Waals surface area contributed by atoms with Crippen LogP contribution >= 0.6 is 0 Å². The Balaban J connectivity index is 0.00000121. The lowest BCUT2D eigenvalue weighted by molar-refractivity contribution is 0.0569. The summed E-state index contributed by atoms with van der Waals surface area (Å²) >= 11 is 0. The third kappa shape index (κ3) is 5.52. The van der Waals surface area contributed by atoms with Gasteiger partial charge in [0.2, 0.25) is 0 Å². The maximum Gasteiger partial charge on any atom is 0.104 e. The molecule has 0 N–H and O–H groups in total. The second-order valence-electron chi connectivity index (χ2n) is 3.05. The molecule has 0 amide bonds. The van der Waals surface area contributed by atoms with Crippen molar-refractivity contribution in [3.8, 4) is 0 Å². The van der Waals surface area contributed by atoms with Gasteiger partial charge in [-0.15, -0.1) is 0 Å². The predicted molar refractivity (Wildman–Crippen MR) is 48.3 cm³/mol. The molecule has 74 valence electrons. The fourth-order valence-corrected chi connectivity index (χ4v) is 0.898. The first-order valence-electron chi connectivity index (χ1n) is 4.01. The highest BCUT2D eigenvalue weighted by Crippen LogP contribution is 2.09. The first kappa shape index (κ1) is 11.9. The summed E-state index contributed by atoms with van der Waals surface area (Å²) in [6.07, 6.45) is 0.379. The van der Waals surface area contributed by atoms with E-state index >= 15 is 0 Å². The van der Waals surface area contributed by atoms with E-state index in [1.165, 1.54) is 0 Å². The summed E-state index contributed by atoms with van der Waals surface area (Å²) in [6, 6.07) is 0. The third-order valence-corrected chi connectivity index (χ3v) is 1.56. The van der Waals surface area contributed by atoms with Crippen LogP contribution < -0.4 is 0 Å². The fraction of sp³-hybridized carbons (Fsp3) is 1.00. The minimum Gasteiger partial charge on any atom is -0.384 e. The van der Waals surface area contributed by atoms with Crippen LogP contribution in [0.25, 0.3) is 0 Å². The molecular formula is C9H20O3. The van der Waals surface area contributed by atoms with Crippen LogP contribution in [0.5, 0.6) is 0 Å². The quantitative estimate of drug-likeness (QED) is 0.572. The highest BCUT2D eigenvalue weighted by atomic mass is 16.6. The lowest BCUT2D eigenvalue weighted by atomic mass is 10.2. The number of hydrogen-bond acceptors (Lipinski definition) is 3. The maximum atomic E-state index is 5.37. The number of rotatable bonds is 6. The average molecular weight is 176 g/mol. The second kappa shape index (κ2) is 6.40. The molecule has 1 aliphatic heterocycles. The smallest absolute Gasteiger partial charge is 0.104 e. The van der Waals surface area contributed by atoms with E-state index < -0.39 is 0 Å². The Kier molecular flexibility index (Phi) is 6.34. The van der Waals surface area contributed by atoms with Crippen molar-refractivity contribution >= 4 is 0 Å². The van der Waals surface area contributed by atoms with E-state index in [-0.39, 0.29) is 7.43 Å². The van der Waals surface area contributed by atoms with Gasteiger partial charge in [-0.3, -0.25) is 0 Å². The zero-order valence-electron chi connectivity index (χ0n) is 7.21. The highest BCUT2D eigenvalue weighted by Gasteiger charge is 2.22. The monoisotopic (exact) mass is 176 g/mol. The van der Waals surface area contributed by atoms with Crippen LogP contribution in [0.2, 0.25) is 0 Å². The summed E-state index contributed by atoms with van der Waals surface area (Å²) in [6.45, 7) is 5.27. The fourth-order valence-electron chi connectivity index (χ4n) is 0.898. The molecule has 3 heteroatoms. The molecule has 0 aromatic rings. The molecule has 2 atom stereocenters. The Bertz CT molecular complexity index is 102. The molecule has 1 saturated heterocycles. The van der Waals surface area contributed by atoms with Crippen molar-refractivity contribution in [2.24, 2.45) is 5.92 Å². The molecule has 2 unspecified atom stereocenters. The van der Waals surface area contributed by atoms with E-state index in [0.29, 0.717) is 12.0 Å². The molecule has 0 aliphatic carbocycles. The van der Waals surface area contributed by atoms with Gasteiger partial charge in [0.25, 0.3) is 0 Å². The number of epoxide rings is 1. The molecule has 3 nitrogen and oxygen atoms in total. The summed E-state index contributed by atoms with van der Waals surface area (Å²) < 4.78 is 15.3. The zero-order valence-corrected chi connectivity index (χ0v) is 7.21. The van der Waals surface area contributed by atoms with E-state index in [0.717, 1.165) is 26.4 Å². The molecule has 1 rings (SSSR count). The zero-order chi connectivity index (χ0) is 8.10. The second-order valence-corrected chi connectivity index (χ2v) is 3.05. The third-order valence-electron chi connectivity index (χ3n) is 1.56. The molecule has 1 fully saturated rings. The van der Waals surface area contributed by atoms with Gasteiger partial charge in [0.1, 0.15) is 6.10 Å². The van der Waals surface area contributed by atoms with Gasteiger partial charge in [0.15, 0.2) is 0 Å². The van der Waals surface area contributed by atoms with Crippen LogP contribution in [0.15, 0.2) is 0 Å². The molecule has 1 aliphatic rings. The Hall–Kier alpha value is -0.120. The minimum atomic E-state index is 0. The van der Waals surface area contributed by atoms with Crippen molar-refractivity contribution in [2.75, 3.05) is 33.5 Å². The lowest BCUT2D eigenvalue weighted by Gasteiger charge is -2.09. The van der Waals surface area contributed by atoms with E-state index in [1.54, 1.807) is 7.11 Å². The summed E-state index contributed by atoms with van der Waals surface area (Å²) in [5.41, 5.74) is 0. The molecule has 0 aromatic carbocycles. The Morgan fingerprint density at radius 1 is 1.50 bits per heavy atom. The summed E-state index contributed by atoms with van der Waals surface area (Å²) in [5, 5.41) is 0. The topological polar surface area (TPSA) is 31.0 Å². The standard InChI is InChI=1S/C8H16O3.CH4/c1-7(3-9-2)4-10-5-8-6-11-8;/h7-8H,3-6H2,1-2H3;1H4. The molecule has 0 radical (unpaired) electrons. The lowest BCUT2D eigenvalue weighted by Crippen LogP contribution is -2.13. The average Bonchev–Trinajstić information content (AvgIpc) is 2.72. The number of ether oxygens (including phenoxy) is 3.